The Labute approximate surface area is 166 Å². The first-order valence-electron chi connectivity index (χ1n) is 10.3. The molecule has 0 saturated carbocycles. The summed E-state index contributed by atoms with van der Waals surface area (Å²) in [5.41, 5.74) is 1.25. The summed E-state index contributed by atoms with van der Waals surface area (Å²) in [5, 5.41) is 9.21. The molecule has 3 aliphatic heterocycles. The van der Waals surface area contributed by atoms with Crippen molar-refractivity contribution >= 4 is 11.7 Å². The Kier molecular flexibility index (Phi) is 6.04. The fraction of sp³-hybridized carbons (Fsp3) is 0.667. The quantitative estimate of drug-likeness (QED) is 0.816. The van der Waals surface area contributed by atoms with Crippen LogP contribution in [0.1, 0.15) is 12.8 Å². The minimum atomic E-state index is -0.736. The van der Waals surface area contributed by atoms with Gasteiger partial charge in [-0.15, -0.1) is 0 Å². The molecule has 154 valence electrons. The van der Waals surface area contributed by atoms with Crippen LogP contribution in [0.25, 0.3) is 0 Å². The highest BCUT2D eigenvalue weighted by molar-refractivity contribution is 5.69. The first-order chi connectivity index (χ1) is 13.6. The van der Waals surface area contributed by atoms with Gasteiger partial charge in [-0.2, -0.15) is 0 Å². The zero-order chi connectivity index (χ0) is 19.5. The van der Waals surface area contributed by atoms with Crippen LogP contribution in [0.3, 0.4) is 0 Å². The summed E-state index contributed by atoms with van der Waals surface area (Å²) in [6.45, 7) is 6.32. The van der Waals surface area contributed by atoms with Gasteiger partial charge in [0.25, 0.3) is 0 Å². The van der Waals surface area contributed by atoms with Crippen molar-refractivity contribution in [2.75, 3.05) is 64.5 Å². The molecule has 1 aromatic carbocycles. The third kappa shape index (κ3) is 4.42. The van der Waals surface area contributed by atoms with Crippen LogP contribution in [0, 0.1) is 5.92 Å². The van der Waals surface area contributed by atoms with Gasteiger partial charge in [0.15, 0.2) is 0 Å². The largest absolute Gasteiger partial charge is 0.497 e. The number of hydrogen-bond acceptors (Lipinski definition) is 6. The van der Waals surface area contributed by atoms with E-state index < -0.39 is 5.97 Å². The van der Waals surface area contributed by atoms with E-state index in [1.165, 1.54) is 5.69 Å². The zero-order valence-electron chi connectivity index (χ0n) is 16.6. The number of benzene rings is 1. The fourth-order valence-corrected chi connectivity index (χ4v) is 4.99. The molecule has 1 aromatic rings. The average molecular weight is 389 g/mol. The van der Waals surface area contributed by atoms with Gasteiger partial charge in [-0.3, -0.25) is 14.6 Å². The molecule has 3 heterocycles. The number of rotatable bonds is 5. The molecule has 28 heavy (non-hydrogen) atoms. The number of ether oxygens (including phenoxy) is 2. The van der Waals surface area contributed by atoms with Crippen molar-refractivity contribution in [2.24, 2.45) is 5.92 Å². The highest BCUT2D eigenvalue weighted by Crippen LogP contribution is 2.29. The second-order valence-corrected chi connectivity index (χ2v) is 8.26. The summed E-state index contributed by atoms with van der Waals surface area (Å²) in [6, 6.07) is 9.16. The van der Waals surface area contributed by atoms with Gasteiger partial charge in [0, 0.05) is 56.4 Å². The van der Waals surface area contributed by atoms with Crippen LogP contribution in [0.15, 0.2) is 24.3 Å². The Morgan fingerprint density at radius 1 is 1.11 bits per heavy atom. The summed E-state index contributed by atoms with van der Waals surface area (Å²) < 4.78 is 11.2. The molecule has 0 spiro atoms. The van der Waals surface area contributed by atoms with Gasteiger partial charge < -0.3 is 19.5 Å². The molecule has 3 fully saturated rings. The predicted molar refractivity (Wildman–Crippen MR) is 107 cm³/mol. The molecule has 1 N–H and O–H groups in total. The van der Waals surface area contributed by atoms with Gasteiger partial charge in [-0.1, -0.05) is 0 Å². The van der Waals surface area contributed by atoms with E-state index >= 15 is 0 Å². The number of aliphatic carboxylic acids is 1. The minimum Gasteiger partial charge on any atom is -0.497 e. The molecule has 2 bridgehead atoms. The summed E-state index contributed by atoms with van der Waals surface area (Å²) in [5.74, 6) is 0.549. The van der Waals surface area contributed by atoms with Crippen molar-refractivity contribution in [3.8, 4) is 5.75 Å². The lowest BCUT2D eigenvalue weighted by atomic mass is 9.99. The van der Waals surface area contributed by atoms with Crippen LogP contribution in [0.4, 0.5) is 5.69 Å². The average Bonchev–Trinajstić information content (AvgIpc) is 2.98. The number of nitrogens with zero attached hydrogens (tertiary/aromatic N) is 3. The van der Waals surface area contributed by atoms with E-state index in [1.54, 1.807) is 7.11 Å². The Balaban J connectivity index is 1.38. The Morgan fingerprint density at radius 2 is 1.86 bits per heavy atom. The van der Waals surface area contributed by atoms with E-state index in [-0.39, 0.29) is 6.54 Å². The van der Waals surface area contributed by atoms with Crippen molar-refractivity contribution in [3.63, 3.8) is 0 Å². The molecule has 4 rings (SSSR count). The Bertz CT molecular complexity index is 660. The number of piperidine rings is 1. The molecule has 0 unspecified atom stereocenters. The topological polar surface area (TPSA) is 65.5 Å². The Morgan fingerprint density at radius 3 is 2.54 bits per heavy atom. The highest BCUT2D eigenvalue weighted by atomic mass is 16.5. The first kappa shape index (κ1) is 19.5. The molecule has 0 aromatic heterocycles. The molecule has 3 saturated heterocycles. The van der Waals surface area contributed by atoms with E-state index in [4.69, 9.17) is 9.47 Å². The second kappa shape index (κ2) is 8.68. The molecule has 0 aliphatic carbocycles. The molecule has 0 radical (unpaired) electrons. The lowest BCUT2D eigenvalue weighted by Gasteiger charge is -2.42. The number of carbonyl (C=O) groups is 1. The van der Waals surface area contributed by atoms with Crippen LogP contribution >= 0.6 is 0 Å². The Hall–Kier alpha value is -1.83. The third-order valence-corrected chi connectivity index (χ3v) is 6.32. The SMILES string of the molecule is COc1ccc(N2CCC(N3C[C@H]4COC[C@@H]3CN(CC(=O)O)C4)CC2)cc1. The molecule has 3 aliphatic rings. The van der Waals surface area contributed by atoms with E-state index in [0.29, 0.717) is 24.6 Å². The number of methoxy groups -OCH3 is 1. The zero-order valence-corrected chi connectivity index (χ0v) is 16.6. The number of hydrogen-bond donors (Lipinski definition) is 1. The molecule has 0 amide bonds. The summed E-state index contributed by atoms with van der Waals surface area (Å²) in [6.07, 6.45) is 2.27. The standard InChI is InChI=1S/C21H31N3O4/c1-27-20-4-2-17(3-5-20)23-8-6-18(7-9-23)24-11-16-10-22(13-21(25)26)12-19(24)15-28-14-16/h2-5,16,18-19H,6-15H2,1H3,(H,25,26)/t16-,19-/m0/s1. The summed E-state index contributed by atoms with van der Waals surface area (Å²) in [4.78, 5) is 18.4. The number of fused-ring (bicyclic) bond motifs is 3. The molecular formula is C21H31N3O4. The van der Waals surface area contributed by atoms with E-state index in [2.05, 4.69) is 26.8 Å². The highest BCUT2D eigenvalue weighted by Gasteiger charge is 2.38. The van der Waals surface area contributed by atoms with Crippen molar-refractivity contribution in [3.05, 3.63) is 24.3 Å². The van der Waals surface area contributed by atoms with E-state index in [9.17, 15) is 9.90 Å². The van der Waals surface area contributed by atoms with Gasteiger partial charge in [0.05, 0.1) is 26.9 Å². The molecule has 7 nitrogen and oxygen atoms in total. The molecule has 2 atom stereocenters. The van der Waals surface area contributed by atoms with Crippen LogP contribution in [0.5, 0.6) is 5.75 Å². The first-order valence-corrected chi connectivity index (χ1v) is 10.3. The van der Waals surface area contributed by atoms with Crippen LogP contribution < -0.4 is 9.64 Å². The van der Waals surface area contributed by atoms with Gasteiger partial charge in [-0.05, 0) is 37.1 Å². The second-order valence-electron chi connectivity index (χ2n) is 8.26. The number of carboxylic acid groups (broad SMARTS) is 1. The minimum absolute atomic E-state index is 0.136. The van der Waals surface area contributed by atoms with Gasteiger partial charge in [0.1, 0.15) is 5.75 Å². The van der Waals surface area contributed by atoms with Crippen molar-refractivity contribution in [1.82, 2.24) is 9.80 Å². The summed E-state index contributed by atoms with van der Waals surface area (Å²) >= 11 is 0. The maximum Gasteiger partial charge on any atom is 0.317 e. The van der Waals surface area contributed by atoms with E-state index in [0.717, 1.165) is 57.9 Å². The molecular weight excluding hydrogens is 358 g/mol. The number of carboxylic acids is 1. The lowest BCUT2D eigenvalue weighted by Crippen LogP contribution is -2.52. The van der Waals surface area contributed by atoms with Gasteiger partial charge >= 0.3 is 5.97 Å². The lowest BCUT2D eigenvalue weighted by molar-refractivity contribution is -0.138. The van der Waals surface area contributed by atoms with Gasteiger partial charge in [0.2, 0.25) is 0 Å². The van der Waals surface area contributed by atoms with Crippen molar-refractivity contribution in [1.29, 1.82) is 0 Å². The van der Waals surface area contributed by atoms with Gasteiger partial charge in [-0.25, -0.2) is 0 Å². The normalized spacial score (nSPS) is 27.4. The van der Waals surface area contributed by atoms with Crippen molar-refractivity contribution < 1.29 is 19.4 Å². The fourth-order valence-electron chi connectivity index (χ4n) is 4.99. The maximum absolute atomic E-state index is 11.2. The maximum atomic E-state index is 11.2. The monoisotopic (exact) mass is 389 g/mol. The van der Waals surface area contributed by atoms with Crippen LogP contribution in [-0.2, 0) is 9.53 Å². The van der Waals surface area contributed by atoms with Crippen molar-refractivity contribution in [2.45, 2.75) is 24.9 Å². The summed E-state index contributed by atoms with van der Waals surface area (Å²) in [7, 11) is 1.69. The number of anilines is 1. The van der Waals surface area contributed by atoms with E-state index in [1.807, 2.05) is 12.1 Å². The van der Waals surface area contributed by atoms with Crippen LogP contribution in [0.2, 0.25) is 0 Å². The van der Waals surface area contributed by atoms with Crippen LogP contribution in [-0.4, -0.2) is 92.6 Å². The third-order valence-electron chi connectivity index (χ3n) is 6.32. The molecule has 7 heteroatoms. The smallest absolute Gasteiger partial charge is 0.317 e. The predicted octanol–water partition coefficient (Wildman–Crippen LogP) is 1.38.